The van der Waals surface area contributed by atoms with Crippen LogP contribution in [0.2, 0.25) is 5.02 Å². The summed E-state index contributed by atoms with van der Waals surface area (Å²) in [5, 5.41) is 4.14. The second-order valence-electron chi connectivity index (χ2n) is 4.89. The number of hydrogen-bond acceptors (Lipinski definition) is 2. The summed E-state index contributed by atoms with van der Waals surface area (Å²) in [6.07, 6.45) is 3.78. The lowest BCUT2D eigenvalue weighted by Gasteiger charge is -2.11. The van der Waals surface area contributed by atoms with Gasteiger partial charge in [0.1, 0.15) is 5.82 Å². The van der Waals surface area contributed by atoms with Crippen LogP contribution in [0.5, 0.6) is 0 Å². The molecule has 1 N–H and O–H groups in total. The molecule has 0 bridgehead atoms. The van der Waals surface area contributed by atoms with Crippen molar-refractivity contribution < 1.29 is 0 Å². The van der Waals surface area contributed by atoms with Crippen LogP contribution in [0.4, 0.5) is 0 Å². The summed E-state index contributed by atoms with van der Waals surface area (Å²) in [6, 6.07) is 6.64. The van der Waals surface area contributed by atoms with E-state index in [0.29, 0.717) is 6.04 Å². The van der Waals surface area contributed by atoms with Crippen molar-refractivity contribution in [1.82, 2.24) is 14.9 Å². The molecule has 1 aromatic heterocycles. The topological polar surface area (TPSA) is 29.9 Å². The highest BCUT2D eigenvalue weighted by atomic mass is 35.5. The second kappa shape index (κ2) is 6.22. The molecule has 2 aromatic rings. The summed E-state index contributed by atoms with van der Waals surface area (Å²) in [5.74, 6) is 0.927. The van der Waals surface area contributed by atoms with Crippen LogP contribution in [-0.2, 0) is 13.1 Å². The van der Waals surface area contributed by atoms with Crippen molar-refractivity contribution in [2.24, 2.45) is 0 Å². The van der Waals surface area contributed by atoms with Crippen molar-refractivity contribution in [3.63, 3.8) is 0 Å². The van der Waals surface area contributed by atoms with Gasteiger partial charge in [-0.1, -0.05) is 31.5 Å². The lowest BCUT2D eigenvalue weighted by Crippen LogP contribution is -2.21. The summed E-state index contributed by atoms with van der Waals surface area (Å²) < 4.78 is 2.09. The molecule has 0 aliphatic carbocycles. The highest BCUT2D eigenvalue weighted by molar-refractivity contribution is 6.33. The van der Waals surface area contributed by atoms with E-state index in [-0.39, 0.29) is 0 Å². The zero-order chi connectivity index (χ0) is 13.8. The largest absolute Gasteiger partial charge is 0.331 e. The first-order valence-electron chi connectivity index (χ1n) is 6.65. The molecule has 2 rings (SSSR count). The lowest BCUT2D eigenvalue weighted by atomic mass is 10.1. The Morgan fingerprint density at radius 3 is 2.79 bits per heavy atom. The number of nitrogens with one attached hydrogen (secondary N) is 1. The van der Waals surface area contributed by atoms with Gasteiger partial charge < -0.3 is 9.88 Å². The van der Waals surface area contributed by atoms with E-state index in [1.807, 2.05) is 24.5 Å². The predicted molar refractivity (Wildman–Crippen MR) is 80.3 cm³/mol. The van der Waals surface area contributed by atoms with Gasteiger partial charge in [0.05, 0.1) is 5.02 Å². The molecule has 0 fully saturated rings. The normalized spacial score (nSPS) is 11.2. The monoisotopic (exact) mass is 277 g/mol. The fourth-order valence-electron chi connectivity index (χ4n) is 1.98. The average molecular weight is 278 g/mol. The molecule has 1 aromatic carbocycles. The maximum atomic E-state index is 6.38. The van der Waals surface area contributed by atoms with Gasteiger partial charge in [0.25, 0.3) is 0 Å². The summed E-state index contributed by atoms with van der Waals surface area (Å²) in [6.45, 7) is 8.09. The molecule has 4 heteroatoms. The Balaban J connectivity index is 2.24. The zero-order valence-electron chi connectivity index (χ0n) is 11.7. The van der Waals surface area contributed by atoms with Gasteiger partial charge in [-0.05, 0) is 24.6 Å². The van der Waals surface area contributed by atoms with Gasteiger partial charge >= 0.3 is 0 Å². The third-order valence-corrected chi connectivity index (χ3v) is 3.36. The average Bonchev–Trinajstić information content (AvgIpc) is 2.84. The fraction of sp³-hybridized carbons (Fsp3) is 0.400. The fourth-order valence-corrected chi connectivity index (χ4v) is 2.27. The first kappa shape index (κ1) is 14.1. The van der Waals surface area contributed by atoms with Gasteiger partial charge in [-0.3, -0.25) is 0 Å². The van der Waals surface area contributed by atoms with E-state index < -0.39 is 0 Å². The van der Waals surface area contributed by atoms with Gasteiger partial charge in [-0.15, -0.1) is 0 Å². The van der Waals surface area contributed by atoms with E-state index >= 15 is 0 Å². The highest BCUT2D eigenvalue weighted by Crippen LogP contribution is 2.27. The molecular weight excluding hydrogens is 258 g/mol. The van der Waals surface area contributed by atoms with Crippen LogP contribution in [0.15, 0.2) is 30.6 Å². The quantitative estimate of drug-likeness (QED) is 0.903. The molecule has 19 heavy (non-hydrogen) atoms. The van der Waals surface area contributed by atoms with Gasteiger partial charge in [-0.25, -0.2) is 4.98 Å². The molecule has 3 nitrogen and oxygen atoms in total. The van der Waals surface area contributed by atoms with Crippen LogP contribution < -0.4 is 5.32 Å². The minimum absolute atomic E-state index is 0.470. The van der Waals surface area contributed by atoms with Gasteiger partial charge in [-0.2, -0.15) is 0 Å². The van der Waals surface area contributed by atoms with E-state index in [2.05, 4.69) is 41.7 Å². The summed E-state index contributed by atoms with van der Waals surface area (Å²) >= 11 is 6.38. The van der Waals surface area contributed by atoms with E-state index in [4.69, 9.17) is 11.6 Å². The van der Waals surface area contributed by atoms with Gasteiger partial charge in [0, 0.05) is 37.1 Å². The number of aromatic nitrogens is 2. The van der Waals surface area contributed by atoms with Crippen molar-refractivity contribution in [1.29, 1.82) is 0 Å². The Morgan fingerprint density at radius 1 is 1.37 bits per heavy atom. The van der Waals surface area contributed by atoms with Crippen LogP contribution in [0.3, 0.4) is 0 Å². The van der Waals surface area contributed by atoms with Crippen molar-refractivity contribution in [3.05, 3.63) is 41.2 Å². The molecule has 0 saturated carbocycles. The zero-order valence-corrected chi connectivity index (χ0v) is 12.4. The molecular formula is C15H20ClN3. The summed E-state index contributed by atoms with van der Waals surface area (Å²) in [7, 11) is 0. The van der Waals surface area contributed by atoms with Crippen LogP contribution in [0.25, 0.3) is 11.4 Å². The Morgan fingerprint density at radius 2 is 2.16 bits per heavy atom. The SMILES string of the molecule is CCn1ccnc1-c1ccc(CNC(C)C)cc1Cl. The number of halogens is 1. The number of imidazole rings is 1. The Labute approximate surface area is 119 Å². The Bertz CT molecular complexity index is 546. The number of benzene rings is 1. The number of nitrogens with zero attached hydrogens (tertiary/aromatic N) is 2. The Hall–Kier alpha value is -1.32. The maximum absolute atomic E-state index is 6.38. The number of rotatable bonds is 5. The molecule has 0 amide bonds. The summed E-state index contributed by atoms with van der Waals surface area (Å²) in [5.41, 5.74) is 2.18. The predicted octanol–water partition coefficient (Wildman–Crippen LogP) is 3.72. The molecule has 0 radical (unpaired) electrons. The Kier molecular flexibility index (Phi) is 4.61. The number of hydrogen-bond donors (Lipinski definition) is 1. The van der Waals surface area contributed by atoms with Crippen molar-refractivity contribution >= 4 is 11.6 Å². The maximum Gasteiger partial charge on any atom is 0.141 e. The van der Waals surface area contributed by atoms with E-state index in [1.54, 1.807) is 0 Å². The van der Waals surface area contributed by atoms with Crippen molar-refractivity contribution in [3.8, 4) is 11.4 Å². The second-order valence-corrected chi connectivity index (χ2v) is 5.29. The van der Waals surface area contributed by atoms with E-state index in [9.17, 15) is 0 Å². The lowest BCUT2D eigenvalue weighted by molar-refractivity contribution is 0.589. The molecule has 0 aliphatic rings. The third kappa shape index (κ3) is 3.37. The molecule has 0 saturated heterocycles. The van der Waals surface area contributed by atoms with Crippen LogP contribution in [0, 0.1) is 0 Å². The highest BCUT2D eigenvalue weighted by Gasteiger charge is 2.09. The molecule has 0 unspecified atom stereocenters. The molecule has 0 atom stereocenters. The van der Waals surface area contributed by atoms with Crippen LogP contribution >= 0.6 is 11.6 Å². The third-order valence-electron chi connectivity index (χ3n) is 3.05. The molecule has 1 heterocycles. The smallest absolute Gasteiger partial charge is 0.141 e. The van der Waals surface area contributed by atoms with E-state index in [1.165, 1.54) is 5.56 Å². The molecule has 0 spiro atoms. The molecule has 0 aliphatic heterocycles. The van der Waals surface area contributed by atoms with Crippen LogP contribution in [0.1, 0.15) is 26.3 Å². The van der Waals surface area contributed by atoms with Crippen molar-refractivity contribution in [2.45, 2.75) is 39.9 Å². The minimum atomic E-state index is 0.470. The minimum Gasteiger partial charge on any atom is -0.331 e. The molecule has 102 valence electrons. The summed E-state index contributed by atoms with van der Waals surface area (Å²) in [4.78, 5) is 4.38. The van der Waals surface area contributed by atoms with E-state index in [0.717, 1.165) is 29.5 Å². The standard InChI is InChI=1S/C15H20ClN3/c1-4-19-8-7-17-15(19)13-6-5-12(9-14(13)16)10-18-11(2)3/h5-9,11,18H,4,10H2,1-3H3. The van der Waals surface area contributed by atoms with Gasteiger partial charge in [0.2, 0.25) is 0 Å². The first-order valence-corrected chi connectivity index (χ1v) is 7.03. The van der Waals surface area contributed by atoms with Crippen LogP contribution in [-0.4, -0.2) is 15.6 Å². The first-order chi connectivity index (χ1) is 9.11. The van der Waals surface area contributed by atoms with Gasteiger partial charge in [0.15, 0.2) is 0 Å². The van der Waals surface area contributed by atoms with Crippen molar-refractivity contribution in [2.75, 3.05) is 0 Å². The number of aryl methyl sites for hydroxylation is 1.